The molecule has 1 aliphatic carbocycles. The van der Waals surface area contributed by atoms with Crippen LogP contribution in [0, 0.1) is 0 Å². The van der Waals surface area contributed by atoms with Gasteiger partial charge in [-0.1, -0.05) is 31.0 Å². The van der Waals surface area contributed by atoms with E-state index in [2.05, 4.69) is 4.98 Å². The van der Waals surface area contributed by atoms with Gasteiger partial charge < -0.3 is 26.7 Å². The molecule has 1 heterocycles. The standard InChI is InChI=1S/C11H12N2O2.C6H11NO2/c12-9(11(14)15)5-7-6-13-10-4-2-1-3-8(7)10;7-6(5(8)9)3-1-2-4-6/h1-4,6,9,13H,5,12H2,(H,14,15);1-4,7H2,(H,8,9)/t9-;/m0./s1. The van der Waals surface area contributed by atoms with Crippen molar-refractivity contribution in [2.24, 2.45) is 11.5 Å². The predicted octanol–water partition coefficient (Wildman–Crippen LogP) is 1.46. The highest BCUT2D eigenvalue weighted by Crippen LogP contribution is 2.26. The van der Waals surface area contributed by atoms with Crippen LogP contribution in [0.2, 0.25) is 0 Å². The van der Waals surface area contributed by atoms with E-state index in [-0.39, 0.29) is 0 Å². The molecule has 0 spiro atoms. The average molecular weight is 333 g/mol. The first kappa shape index (κ1) is 18.0. The molecule has 1 atom stereocenters. The zero-order chi connectivity index (χ0) is 17.7. The second-order valence-corrected chi connectivity index (χ2v) is 6.18. The molecule has 7 N–H and O–H groups in total. The van der Waals surface area contributed by atoms with E-state index in [1.807, 2.05) is 30.5 Å². The molecule has 1 saturated carbocycles. The van der Waals surface area contributed by atoms with E-state index in [4.69, 9.17) is 21.7 Å². The van der Waals surface area contributed by atoms with Crippen molar-refractivity contribution < 1.29 is 19.8 Å². The third-order valence-electron chi connectivity index (χ3n) is 4.35. The molecule has 0 aliphatic heterocycles. The van der Waals surface area contributed by atoms with Crippen molar-refractivity contribution in [3.05, 3.63) is 36.0 Å². The first-order chi connectivity index (χ1) is 11.3. The molecule has 0 saturated heterocycles. The molecule has 0 bridgehead atoms. The van der Waals surface area contributed by atoms with Gasteiger partial charge in [-0.05, 0) is 24.5 Å². The number of rotatable bonds is 4. The number of aliphatic carboxylic acids is 2. The van der Waals surface area contributed by atoms with Gasteiger partial charge in [0.2, 0.25) is 0 Å². The van der Waals surface area contributed by atoms with E-state index >= 15 is 0 Å². The highest BCUT2D eigenvalue weighted by molar-refractivity contribution is 5.84. The lowest BCUT2D eigenvalue weighted by Crippen LogP contribution is -2.44. The van der Waals surface area contributed by atoms with Crippen LogP contribution in [-0.2, 0) is 16.0 Å². The summed E-state index contributed by atoms with van der Waals surface area (Å²) < 4.78 is 0. The topological polar surface area (TPSA) is 142 Å². The Morgan fingerprint density at radius 1 is 1.21 bits per heavy atom. The molecule has 1 aliphatic rings. The second kappa shape index (κ2) is 7.46. The lowest BCUT2D eigenvalue weighted by molar-refractivity contribution is -0.143. The maximum absolute atomic E-state index is 10.6. The Kier molecular flexibility index (Phi) is 5.58. The Labute approximate surface area is 139 Å². The van der Waals surface area contributed by atoms with Crippen LogP contribution in [0.5, 0.6) is 0 Å². The number of hydrogen-bond donors (Lipinski definition) is 5. The van der Waals surface area contributed by atoms with Crippen LogP contribution in [0.1, 0.15) is 31.2 Å². The zero-order valence-corrected chi connectivity index (χ0v) is 13.4. The van der Waals surface area contributed by atoms with Crippen LogP contribution >= 0.6 is 0 Å². The fourth-order valence-corrected chi connectivity index (χ4v) is 2.84. The maximum atomic E-state index is 10.6. The Morgan fingerprint density at radius 3 is 2.38 bits per heavy atom. The number of carboxylic acids is 2. The first-order valence-electron chi connectivity index (χ1n) is 7.89. The summed E-state index contributed by atoms with van der Waals surface area (Å²) in [5.74, 6) is -1.82. The lowest BCUT2D eigenvalue weighted by atomic mass is 10.0. The molecule has 7 nitrogen and oxygen atoms in total. The molecule has 0 amide bonds. The van der Waals surface area contributed by atoms with Gasteiger partial charge in [-0.15, -0.1) is 0 Å². The molecule has 1 aromatic carbocycles. The summed E-state index contributed by atoms with van der Waals surface area (Å²) in [6.07, 6.45) is 5.36. The third kappa shape index (κ3) is 4.12. The van der Waals surface area contributed by atoms with Crippen LogP contribution in [0.25, 0.3) is 10.9 Å². The summed E-state index contributed by atoms with van der Waals surface area (Å²) in [6, 6.07) is 6.91. The molecular formula is C17H23N3O4. The van der Waals surface area contributed by atoms with E-state index in [0.717, 1.165) is 29.3 Å². The van der Waals surface area contributed by atoms with Crippen LogP contribution in [0.15, 0.2) is 30.5 Å². The highest BCUT2D eigenvalue weighted by atomic mass is 16.4. The number of aromatic amines is 1. The quantitative estimate of drug-likeness (QED) is 0.573. The maximum Gasteiger partial charge on any atom is 0.323 e. The average Bonchev–Trinajstić information content (AvgIpc) is 3.16. The highest BCUT2D eigenvalue weighted by Gasteiger charge is 2.36. The summed E-state index contributed by atoms with van der Waals surface area (Å²) in [5.41, 5.74) is 12.0. The minimum Gasteiger partial charge on any atom is -0.480 e. The number of carbonyl (C=O) groups is 2. The molecule has 7 heteroatoms. The Hall–Kier alpha value is -2.38. The van der Waals surface area contributed by atoms with Crippen LogP contribution in [0.4, 0.5) is 0 Å². The molecule has 0 radical (unpaired) electrons. The lowest BCUT2D eigenvalue weighted by Gasteiger charge is -2.15. The summed E-state index contributed by atoms with van der Waals surface area (Å²) in [7, 11) is 0. The molecule has 3 rings (SSSR count). The van der Waals surface area contributed by atoms with Crippen LogP contribution < -0.4 is 11.5 Å². The predicted molar refractivity (Wildman–Crippen MR) is 90.6 cm³/mol. The number of nitrogens with two attached hydrogens (primary N) is 2. The molecular weight excluding hydrogens is 310 g/mol. The van der Waals surface area contributed by atoms with Gasteiger partial charge in [-0.25, -0.2) is 0 Å². The number of aromatic nitrogens is 1. The zero-order valence-electron chi connectivity index (χ0n) is 13.4. The normalized spacial score (nSPS) is 17.1. The van der Waals surface area contributed by atoms with Crippen molar-refractivity contribution in [1.29, 1.82) is 0 Å². The molecule has 1 fully saturated rings. The van der Waals surface area contributed by atoms with Crippen molar-refractivity contribution >= 4 is 22.8 Å². The molecule has 0 unspecified atom stereocenters. The van der Waals surface area contributed by atoms with Gasteiger partial charge >= 0.3 is 11.9 Å². The van der Waals surface area contributed by atoms with Crippen molar-refractivity contribution in [2.75, 3.05) is 0 Å². The van der Waals surface area contributed by atoms with Gasteiger partial charge in [0.25, 0.3) is 0 Å². The number of fused-ring (bicyclic) bond motifs is 1. The van der Waals surface area contributed by atoms with Crippen molar-refractivity contribution in [3.8, 4) is 0 Å². The molecule has 24 heavy (non-hydrogen) atoms. The number of benzene rings is 1. The van der Waals surface area contributed by atoms with Gasteiger partial charge in [0.1, 0.15) is 11.6 Å². The fraction of sp³-hybridized carbons (Fsp3) is 0.412. The van der Waals surface area contributed by atoms with Crippen molar-refractivity contribution in [1.82, 2.24) is 4.98 Å². The van der Waals surface area contributed by atoms with Gasteiger partial charge in [-0.3, -0.25) is 9.59 Å². The van der Waals surface area contributed by atoms with Gasteiger partial charge in [0, 0.05) is 23.5 Å². The summed E-state index contributed by atoms with van der Waals surface area (Å²) in [5, 5.41) is 18.3. The molecule has 2 aromatic rings. The van der Waals surface area contributed by atoms with E-state index in [0.29, 0.717) is 19.3 Å². The smallest absolute Gasteiger partial charge is 0.323 e. The van der Waals surface area contributed by atoms with E-state index in [1.165, 1.54) is 0 Å². The van der Waals surface area contributed by atoms with Crippen LogP contribution in [-0.4, -0.2) is 38.7 Å². The molecule has 130 valence electrons. The minimum atomic E-state index is -0.972. The second-order valence-electron chi connectivity index (χ2n) is 6.18. The Morgan fingerprint density at radius 2 is 1.83 bits per heavy atom. The largest absolute Gasteiger partial charge is 0.480 e. The third-order valence-corrected chi connectivity index (χ3v) is 4.35. The number of nitrogens with one attached hydrogen (secondary N) is 1. The fourth-order valence-electron chi connectivity index (χ4n) is 2.84. The summed E-state index contributed by atoms with van der Waals surface area (Å²) in [4.78, 5) is 24.1. The van der Waals surface area contributed by atoms with E-state index in [1.54, 1.807) is 0 Å². The molecule has 1 aromatic heterocycles. The number of hydrogen-bond acceptors (Lipinski definition) is 4. The van der Waals surface area contributed by atoms with E-state index < -0.39 is 23.5 Å². The van der Waals surface area contributed by atoms with Gasteiger partial charge in [-0.2, -0.15) is 0 Å². The van der Waals surface area contributed by atoms with Gasteiger partial charge in [0.05, 0.1) is 0 Å². The Bertz CT molecular complexity index is 719. The first-order valence-corrected chi connectivity index (χ1v) is 7.89. The summed E-state index contributed by atoms with van der Waals surface area (Å²) in [6.45, 7) is 0. The minimum absolute atomic E-state index is 0.347. The van der Waals surface area contributed by atoms with Gasteiger partial charge in [0.15, 0.2) is 0 Å². The Balaban J connectivity index is 0.000000198. The van der Waals surface area contributed by atoms with Crippen LogP contribution in [0.3, 0.4) is 0 Å². The van der Waals surface area contributed by atoms with E-state index in [9.17, 15) is 9.59 Å². The van der Waals surface area contributed by atoms with Crippen molar-refractivity contribution in [2.45, 2.75) is 43.7 Å². The number of carboxylic acid groups (broad SMARTS) is 2. The number of H-pyrrole nitrogens is 1. The SMILES string of the molecule is NC1(C(=O)O)CCCC1.N[C@@H](Cc1c[nH]c2ccccc12)C(=O)O. The summed E-state index contributed by atoms with van der Waals surface area (Å²) >= 11 is 0. The number of para-hydroxylation sites is 1. The van der Waals surface area contributed by atoms with Crippen molar-refractivity contribution in [3.63, 3.8) is 0 Å². The monoisotopic (exact) mass is 333 g/mol.